The second kappa shape index (κ2) is 1.55. The molecule has 0 aliphatic rings. The van der Waals surface area contributed by atoms with Crippen LogP contribution < -0.4 is 8.38 Å². The number of rotatable bonds is 0. The SMILES string of the molecule is O=[Se]([O-])[O-]. The van der Waals surface area contributed by atoms with Crippen LogP contribution in [-0.2, 0) is 3.83 Å². The summed E-state index contributed by atoms with van der Waals surface area (Å²) >= 11 is -3.79. The molecule has 0 aromatic rings. The Morgan fingerprint density at radius 2 is 1.50 bits per heavy atom. The monoisotopic (exact) mass is 128 g/mol. The predicted octanol–water partition coefficient (Wildman–Crippen LogP) is -2.88. The first-order valence-corrected chi connectivity index (χ1v) is 2.60. The molecule has 0 heterocycles. The van der Waals surface area contributed by atoms with E-state index in [1.165, 1.54) is 0 Å². The van der Waals surface area contributed by atoms with E-state index >= 15 is 0 Å². The molecule has 0 N–H and O–H groups in total. The Balaban J connectivity index is 2.80. The fourth-order valence-electron chi connectivity index (χ4n) is 0. The summed E-state index contributed by atoms with van der Waals surface area (Å²) in [5.74, 6) is 0. The molecule has 0 atom stereocenters. The van der Waals surface area contributed by atoms with Crippen LogP contribution in [0, 0.1) is 0 Å². The molecule has 0 fully saturated rings. The Morgan fingerprint density at radius 1 is 1.50 bits per heavy atom. The maximum absolute atomic E-state index is 8.54. The van der Waals surface area contributed by atoms with E-state index in [1.54, 1.807) is 0 Å². The summed E-state index contributed by atoms with van der Waals surface area (Å²) in [6.45, 7) is 0. The Kier molecular flexibility index (Phi) is 1.64. The van der Waals surface area contributed by atoms with Gasteiger partial charge in [-0.1, -0.05) is 0 Å². The summed E-state index contributed by atoms with van der Waals surface area (Å²) in [5.41, 5.74) is 0. The van der Waals surface area contributed by atoms with Gasteiger partial charge in [0.2, 0.25) is 0 Å². The van der Waals surface area contributed by atoms with Crippen LogP contribution in [0.2, 0.25) is 0 Å². The molecule has 0 rings (SSSR count). The van der Waals surface area contributed by atoms with E-state index in [1.807, 2.05) is 0 Å². The molecule has 0 bridgehead atoms. The van der Waals surface area contributed by atoms with E-state index in [4.69, 9.17) is 12.2 Å². The van der Waals surface area contributed by atoms with Gasteiger partial charge in [-0.05, 0) is 0 Å². The van der Waals surface area contributed by atoms with Gasteiger partial charge < -0.3 is 0 Å². The first-order chi connectivity index (χ1) is 1.73. The van der Waals surface area contributed by atoms with Crippen molar-refractivity contribution >= 4 is 14.5 Å². The Labute approximate surface area is 27.6 Å². The van der Waals surface area contributed by atoms with Gasteiger partial charge in [0.15, 0.2) is 0 Å². The molecule has 0 aromatic carbocycles. The van der Waals surface area contributed by atoms with Crippen molar-refractivity contribution in [1.82, 2.24) is 0 Å². The Bertz CT molecular complexity index is 26.3. The molecule has 0 aliphatic carbocycles. The zero-order valence-electron chi connectivity index (χ0n) is 1.63. The van der Waals surface area contributed by atoms with E-state index in [0.29, 0.717) is 0 Å². The summed E-state index contributed by atoms with van der Waals surface area (Å²) in [7, 11) is 0. The molecule has 0 aromatic heterocycles. The average Bonchev–Trinajstić information content (AvgIpc) is 0.811. The summed E-state index contributed by atoms with van der Waals surface area (Å²) in [5, 5.41) is 0. The third-order valence-electron chi connectivity index (χ3n) is 0. The molecular weight excluding hydrogens is 127 g/mol. The second-order valence-corrected chi connectivity index (χ2v) is 1.06. The molecule has 0 unspecified atom stereocenters. The van der Waals surface area contributed by atoms with Crippen LogP contribution in [0.15, 0.2) is 0 Å². The van der Waals surface area contributed by atoms with E-state index in [9.17, 15) is 0 Å². The van der Waals surface area contributed by atoms with E-state index in [0.717, 1.165) is 0 Å². The zero-order valence-corrected chi connectivity index (χ0v) is 3.35. The maximum atomic E-state index is 8.54. The van der Waals surface area contributed by atoms with Gasteiger partial charge in [-0.3, -0.25) is 0 Å². The summed E-state index contributed by atoms with van der Waals surface area (Å²) in [6.07, 6.45) is 0. The molecule has 4 heteroatoms. The summed E-state index contributed by atoms with van der Waals surface area (Å²) in [4.78, 5) is 0. The Hall–Kier alpha value is 0.239. The molecular formula is O3Se-2. The second-order valence-electron chi connectivity index (χ2n) is 0.204. The molecule has 3 nitrogen and oxygen atoms in total. The van der Waals surface area contributed by atoms with Crippen LogP contribution in [0.5, 0.6) is 0 Å². The molecule has 0 aliphatic heterocycles. The summed E-state index contributed by atoms with van der Waals surface area (Å²) < 4.78 is 25.6. The normalized spacial score (nSPS) is 8.75. The average molecular weight is 127 g/mol. The molecule has 0 spiro atoms. The minimum absolute atomic E-state index is 3.79. The van der Waals surface area contributed by atoms with Crippen molar-refractivity contribution in [2.45, 2.75) is 0 Å². The Morgan fingerprint density at radius 3 is 1.50 bits per heavy atom. The van der Waals surface area contributed by atoms with Crippen LogP contribution in [0.25, 0.3) is 0 Å². The van der Waals surface area contributed by atoms with Crippen molar-refractivity contribution in [3.05, 3.63) is 0 Å². The quantitative estimate of drug-likeness (QED) is 0.328. The van der Waals surface area contributed by atoms with Gasteiger partial charge >= 0.3 is 26.7 Å². The summed E-state index contributed by atoms with van der Waals surface area (Å²) in [6, 6.07) is 0. The van der Waals surface area contributed by atoms with E-state index in [-0.39, 0.29) is 0 Å². The first kappa shape index (κ1) is 4.24. The van der Waals surface area contributed by atoms with Crippen LogP contribution in [0.4, 0.5) is 0 Å². The van der Waals surface area contributed by atoms with E-state index < -0.39 is 14.5 Å². The van der Waals surface area contributed by atoms with Gasteiger partial charge in [0.05, 0.1) is 0 Å². The van der Waals surface area contributed by atoms with Gasteiger partial charge in [0.25, 0.3) is 0 Å². The zero-order chi connectivity index (χ0) is 3.58. The number of hydrogen-bond donors (Lipinski definition) is 0. The number of hydrogen-bond acceptors (Lipinski definition) is 3. The van der Waals surface area contributed by atoms with Crippen molar-refractivity contribution in [2.24, 2.45) is 0 Å². The fraction of sp³-hybridized carbons (Fsp3) is 0. The third-order valence-corrected chi connectivity index (χ3v) is 0. The van der Waals surface area contributed by atoms with Gasteiger partial charge in [-0.25, -0.2) is 0 Å². The van der Waals surface area contributed by atoms with Crippen molar-refractivity contribution in [3.8, 4) is 0 Å². The van der Waals surface area contributed by atoms with Gasteiger partial charge in [0, 0.05) is 0 Å². The van der Waals surface area contributed by atoms with Gasteiger partial charge in [-0.2, -0.15) is 0 Å². The molecule has 26 valence electrons. The van der Waals surface area contributed by atoms with Crippen molar-refractivity contribution in [1.29, 1.82) is 0 Å². The van der Waals surface area contributed by atoms with Crippen LogP contribution in [0.3, 0.4) is 0 Å². The van der Waals surface area contributed by atoms with E-state index in [2.05, 4.69) is 0 Å². The van der Waals surface area contributed by atoms with Gasteiger partial charge in [0.1, 0.15) is 0 Å². The van der Waals surface area contributed by atoms with Crippen LogP contribution in [0.1, 0.15) is 0 Å². The standard InChI is InChI=1S/H2O3Se/c1-4(2)3/h(H2,1,2,3)/p-2. The molecule has 0 amide bonds. The topological polar surface area (TPSA) is 63.2 Å². The predicted molar refractivity (Wildman–Crippen MR) is 6.44 cm³/mol. The molecule has 4 heavy (non-hydrogen) atoms. The molecule has 0 radical (unpaired) electrons. The first-order valence-electron chi connectivity index (χ1n) is 0.500. The van der Waals surface area contributed by atoms with Gasteiger partial charge in [-0.15, -0.1) is 0 Å². The van der Waals surface area contributed by atoms with Crippen molar-refractivity contribution in [3.63, 3.8) is 0 Å². The van der Waals surface area contributed by atoms with Crippen molar-refractivity contribution in [2.75, 3.05) is 0 Å². The fourth-order valence-corrected chi connectivity index (χ4v) is 0. The van der Waals surface area contributed by atoms with Crippen LogP contribution in [-0.4, -0.2) is 14.5 Å². The van der Waals surface area contributed by atoms with Crippen LogP contribution >= 0.6 is 0 Å². The van der Waals surface area contributed by atoms with Crippen molar-refractivity contribution < 1.29 is 12.2 Å². The third kappa shape index (κ3) is 60.0. The minimum atomic E-state index is -3.79. The molecule has 0 saturated heterocycles. The molecule has 0 saturated carbocycles.